The third-order valence-electron chi connectivity index (χ3n) is 4.61. The van der Waals surface area contributed by atoms with E-state index in [1.54, 1.807) is 4.90 Å². The van der Waals surface area contributed by atoms with Crippen molar-refractivity contribution >= 4 is 51.2 Å². The van der Waals surface area contributed by atoms with E-state index < -0.39 is 5.60 Å². The van der Waals surface area contributed by atoms with Gasteiger partial charge in [-0.15, -0.1) is 23.2 Å². The molecule has 0 aromatic heterocycles. The summed E-state index contributed by atoms with van der Waals surface area (Å²) in [6, 6.07) is 20.2. The van der Waals surface area contributed by atoms with Gasteiger partial charge >= 0.3 is 41.6 Å². The first-order chi connectivity index (χ1) is 18.3. The van der Waals surface area contributed by atoms with E-state index in [-0.39, 0.29) is 48.6 Å². The van der Waals surface area contributed by atoms with Crippen LogP contribution in [0.25, 0.3) is 0 Å². The van der Waals surface area contributed by atoms with Crippen molar-refractivity contribution in [3.8, 4) is 0 Å². The average molecular weight is 672 g/mol. The van der Waals surface area contributed by atoms with Crippen LogP contribution in [0.5, 0.6) is 0 Å². The van der Waals surface area contributed by atoms with Gasteiger partial charge in [-0.1, -0.05) is 76.6 Å². The Morgan fingerprint density at radius 3 is 1.65 bits per heavy atom. The van der Waals surface area contributed by atoms with Crippen LogP contribution < -0.4 is 29.6 Å². The number of hydrogen-bond donors (Lipinski definition) is 0. The van der Waals surface area contributed by atoms with Gasteiger partial charge in [-0.3, -0.25) is 4.79 Å². The van der Waals surface area contributed by atoms with E-state index >= 15 is 0 Å². The summed E-state index contributed by atoms with van der Waals surface area (Å²) in [7, 11) is 0. The molecule has 0 spiro atoms. The number of carbonyl (C=O) groups is 2. The second-order valence-electron chi connectivity index (χ2n) is 10.8. The zero-order chi connectivity index (χ0) is 29.7. The molecule has 0 N–H and O–H groups in total. The molecule has 0 atom stereocenters. The van der Waals surface area contributed by atoms with Gasteiger partial charge in [0, 0.05) is 36.6 Å². The molecule has 2 aromatic rings. The number of amides is 1. The largest absolute Gasteiger partial charge is 1.00 e. The van der Waals surface area contributed by atoms with Gasteiger partial charge in [0.1, 0.15) is 11.2 Å². The molecule has 0 unspecified atom stereocenters. The van der Waals surface area contributed by atoms with E-state index in [1.165, 1.54) is 5.56 Å². The summed E-state index contributed by atoms with van der Waals surface area (Å²) in [5, 5.41) is 0.952. The summed E-state index contributed by atoms with van der Waals surface area (Å²) in [5.41, 5.74) is 1.57. The third kappa shape index (κ3) is 25.0. The topological polar surface area (TPSA) is 55.8 Å². The number of unbranched alkanes of at least 4 members (excludes halogenated alkanes) is 1. The Labute approximate surface area is 284 Å². The number of nitrogens with zero attached hydrogens (tertiary/aromatic N) is 1. The molecule has 0 bridgehead atoms. The van der Waals surface area contributed by atoms with E-state index in [9.17, 15) is 9.59 Å². The average Bonchev–Trinajstić information content (AvgIpc) is 2.86. The molecule has 0 saturated heterocycles. The molecule has 9 heteroatoms. The fourth-order valence-corrected chi connectivity index (χ4v) is 3.62. The molecule has 2 rings (SSSR count). The Balaban J connectivity index is -0.000000564. The minimum atomic E-state index is -0.479. The summed E-state index contributed by atoms with van der Waals surface area (Å²) < 4.78 is 10.5. The Morgan fingerprint density at radius 2 is 1.25 bits per heavy atom. The molecule has 0 fully saturated rings. The van der Waals surface area contributed by atoms with Crippen LogP contribution >= 0.6 is 39.1 Å². The minimum absolute atomic E-state index is 0. The van der Waals surface area contributed by atoms with E-state index in [2.05, 4.69) is 28.1 Å². The zero-order valence-corrected chi connectivity index (χ0v) is 30.4. The molecular formula is C31H47BrCl2NNaO4. The second kappa shape index (κ2) is 23.8. The Hall–Kier alpha value is -0.760. The summed E-state index contributed by atoms with van der Waals surface area (Å²) in [4.78, 5) is 24.9. The number of halogens is 3. The van der Waals surface area contributed by atoms with Gasteiger partial charge in [-0.05, 0) is 71.9 Å². The quantitative estimate of drug-likeness (QED) is 0.126. The van der Waals surface area contributed by atoms with Gasteiger partial charge in [0.25, 0.3) is 0 Å². The molecule has 0 aliphatic heterocycles. The van der Waals surface area contributed by atoms with E-state index in [0.717, 1.165) is 30.2 Å². The van der Waals surface area contributed by atoms with Crippen LogP contribution in [0.4, 0.5) is 4.79 Å². The van der Waals surface area contributed by atoms with Crippen molar-refractivity contribution in [1.82, 2.24) is 4.90 Å². The predicted molar refractivity (Wildman–Crippen MR) is 169 cm³/mol. The standard InChI is InChI=1S/C15H22ClNO2.C9H17ClO2.C7H7Br.Na.H/c1-15(2,3)19-14(18)17(11-7-10-16)12-13-8-5-4-6-9-13;1-9(2,3)12-8(11)6-4-5-7-10;8-6-7-4-2-1-3-5-7;;/h4-6,8-9H,7,10-12H2,1-3H3;4-7H2,1-3H3;1-5H,6H2;;/q;;;+1;-1. The first-order valence-electron chi connectivity index (χ1n) is 13.3. The molecule has 40 heavy (non-hydrogen) atoms. The van der Waals surface area contributed by atoms with Crippen molar-refractivity contribution in [3.05, 3.63) is 71.8 Å². The van der Waals surface area contributed by atoms with Gasteiger partial charge < -0.3 is 15.8 Å². The number of carbonyl (C=O) groups excluding carboxylic acids is 2. The number of ether oxygens (including phenoxy) is 2. The van der Waals surface area contributed by atoms with Crippen molar-refractivity contribution < 1.29 is 50.0 Å². The van der Waals surface area contributed by atoms with E-state index in [1.807, 2.05) is 90.1 Å². The zero-order valence-electron chi connectivity index (χ0n) is 26.4. The third-order valence-corrected chi connectivity index (χ3v) is 5.79. The number of alkyl halides is 3. The Kier molecular flexibility index (Phi) is 24.6. The molecule has 0 saturated carbocycles. The van der Waals surface area contributed by atoms with Gasteiger partial charge in [0.2, 0.25) is 0 Å². The van der Waals surface area contributed by atoms with Gasteiger partial charge in [0.05, 0.1) is 0 Å². The Morgan fingerprint density at radius 1 is 0.775 bits per heavy atom. The van der Waals surface area contributed by atoms with Crippen molar-refractivity contribution in [2.45, 2.75) is 90.3 Å². The van der Waals surface area contributed by atoms with Crippen molar-refractivity contribution in [3.63, 3.8) is 0 Å². The monoisotopic (exact) mass is 669 g/mol. The smallest absolute Gasteiger partial charge is 1.00 e. The van der Waals surface area contributed by atoms with Gasteiger partial charge in [-0.25, -0.2) is 4.79 Å². The van der Waals surface area contributed by atoms with Crippen molar-refractivity contribution in [1.29, 1.82) is 0 Å². The minimum Gasteiger partial charge on any atom is -1.00 e. The maximum Gasteiger partial charge on any atom is 1.00 e. The fourth-order valence-electron chi connectivity index (χ4n) is 2.94. The van der Waals surface area contributed by atoms with Crippen LogP contribution in [-0.4, -0.2) is 46.5 Å². The van der Waals surface area contributed by atoms with Gasteiger partial charge in [0.15, 0.2) is 0 Å². The molecule has 0 heterocycles. The molecule has 1 amide bonds. The van der Waals surface area contributed by atoms with Crippen LogP contribution in [0.15, 0.2) is 60.7 Å². The molecule has 0 radical (unpaired) electrons. The van der Waals surface area contributed by atoms with Crippen LogP contribution in [0, 0.1) is 0 Å². The number of esters is 1. The Bertz CT molecular complexity index is 914. The van der Waals surface area contributed by atoms with Crippen molar-refractivity contribution in [2.24, 2.45) is 0 Å². The molecule has 0 aliphatic carbocycles. The van der Waals surface area contributed by atoms with Gasteiger partial charge in [-0.2, -0.15) is 0 Å². The summed E-state index contributed by atoms with van der Waals surface area (Å²) in [5.74, 6) is 1.02. The molecule has 5 nitrogen and oxygen atoms in total. The molecule has 222 valence electrons. The first kappa shape index (κ1) is 41.4. The van der Waals surface area contributed by atoms with E-state index in [4.69, 9.17) is 32.7 Å². The normalized spacial score (nSPS) is 10.5. The van der Waals surface area contributed by atoms with Crippen LogP contribution in [0.2, 0.25) is 0 Å². The number of rotatable bonds is 10. The second-order valence-corrected chi connectivity index (χ2v) is 12.1. The fraction of sp³-hybridized carbons (Fsp3) is 0.548. The molecular weight excluding hydrogens is 624 g/mol. The SMILES string of the molecule is BrCc1ccccc1.CC(C)(C)OC(=O)CCCCCl.CC(C)(C)OC(=O)N(CCCCl)Cc1ccccc1.[H-].[Na+]. The summed E-state index contributed by atoms with van der Waals surface area (Å²) in [6.07, 6.45) is 2.64. The predicted octanol–water partition coefficient (Wildman–Crippen LogP) is 6.49. The number of hydrogen-bond acceptors (Lipinski definition) is 4. The maximum atomic E-state index is 12.1. The van der Waals surface area contributed by atoms with Crippen LogP contribution in [0.3, 0.4) is 0 Å². The summed E-state index contributed by atoms with van der Waals surface area (Å²) >= 11 is 14.5. The van der Waals surface area contributed by atoms with Crippen molar-refractivity contribution in [2.75, 3.05) is 18.3 Å². The first-order valence-corrected chi connectivity index (χ1v) is 15.5. The molecule has 0 aliphatic rings. The number of benzene rings is 2. The molecule has 2 aromatic carbocycles. The van der Waals surface area contributed by atoms with Crippen LogP contribution in [-0.2, 0) is 26.1 Å². The van der Waals surface area contributed by atoms with E-state index in [0.29, 0.717) is 31.3 Å². The van der Waals surface area contributed by atoms with Crippen LogP contribution in [0.1, 0.15) is 79.8 Å². The summed E-state index contributed by atoms with van der Waals surface area (Å²) in [6.45, 7) is 12.4. The maximum absolute atomic E-state index is 12.1.